The number of fused-ring (bicyclic) bond motifs is 5. The summed E-state index contributed by atoms with van der Waals surface area (Å²) in [5.41, 5.74) is 9.70. The smallest absolute Gasteiger partial charge is 0.164 e. The highest BCUT2D eigenvalue weighted by molar-refractivity contribution is 6.18. The minimum atomic E-state index is 0.624. The second-order valence-electron chi connectivity index (χ2n) is 12.7. The average Bonchev–Trinajstić information content (AvgIpc) is 3.58. The molecule has 0 fully saturated rings. The molecule has 0 aliphatic carbocycles. The Balaban J connectivity index is 1.14. The van der Waals surface area contributed by atoms with Crippen LogP contribution in [0.15, 0.2) is 174 Å². The Bertz CT molecular complexity index is 2840. The van der Waals surface area contributed by atoms with Crippen LogP contribution in [0.25, 0.3) is 100 Å². The molecule has 238 valence electrons. The first-order valence-electron chi connectivity index (χ1n) is 17.0. The van der Waals surface area contributed by atoms with Crippen LogP contribution >= 0.6 is 0 Å². The Morgan fingerprint density at radius 1 is 0.392 bits per heavy atom. The first-order chi connectivity index (χ1) is 25.2. The van der Waals surface area contributed by atoms with E-state index in [9.17, 15) is 0 Å². The van der Waals surface area contributed by atoms with Crippen molar-refractivity contribution < 1.29 is 4.42 Å². The Labute approximate surface area is 293 Å². The van der Waals surface area contributed by atoms with E-state index in [-0.39, 0.29) is 0 Å². The molecule has 10 rings (SSSR count). The highest BCUT2D eigenvalue weighted by Gasteiger charge is 2.19. The Morgan fingerprint density at radius 2 is 0.961 bits per heavy atom. The fraction of sp³-hybridized carbons (Fsp3) is 0. The van der Waals surface area contributed by atoms with Gasteiger partial charge in [0.2, 0.25) is 0 Å². The molecule has 0 atom stereocenters. The van der Waals surface area contributed by atoms with Gasteiger partial charge in [0.15, 0.2) is 17.5 Å². The average molecular weight is 653 g/mol. The predicted molar refractivity (Wildman–Crippen MR) is 207 cm³/mol. The van der Waals surface area contributed by atoms with Crippen LogP contribution in [0.1, 0.15) is 0 Å². The second kappa shape index (κ2) is 11.9. The van der Waals surface area contributed by atoms with E-state index in [0.717, 1.165) is 71.8 Å². The Morgan fingerprint density at radius 3 is 1.67 bits per heavy atom. The summed E-state index contributed by atoms with van der Waals surface area (Å²) in [4.78, 5) is 19.3. The second-order valence-corrected chi connectivity index (χ2v) is 12.7. The van der Waals surface area contributed by atoms with Gasteiger partial charge >= 0.3 is 0 Å². The van der Waals surface area contributed by atoms with Crippen molar-refractivity contribution in [3.05, 3.63) is 170 Å². The van der Waals surface area contributed by atoms with Crippen LogP contribution in [-0.2, 0) is 0 Å². The van der Waals surface area contributed by atoms with Crippen molar-refractivity contribution in [1.29, 1.82) is 0 Å². The maximum absolute atomic E-state index is 6.76. The highest BCUT2D eigenvalue weighted by Crippen LogP contribution is 2.43. The predicted octanol–water partition coefficient (Wildman–Crippen LogP) is 11.8. The zero-order valence-corrected chi connectivity index (χ0v) is 27.4. The van der Waals surface area contributed by atoms with Gasteiger partial charge in [-0.05, 0) is 51.7 Å². The van der Waals surface area contributed by atoms with Crippen LogP contribution in [0.2, 0.25) is 0 Å². The third-order valence-electron chi connectivity index (χ3n) is 9.56. The van der Waals surface area contributed by atoms with Crippen LogP contribution in [0.5, 0.6) is 0 Å². The Kier molecular flexibility index (Phi) is 6.74. The fourth-order valence-corrected chi connectivity index (χ4v) is 7.01. The summed E-state index contributed by atoms with van der Waals surface area (Å²) in [5, 5.41) is 5.61. The van der Waals surface area contributed by atoms with E-state index in [4.69, 9.17) is 19.4 Å². The quantitative estimate of drug-likeness (QED) is 0.185. The molecule has 3 aromatic heterocycles. The van der Waals surface area contributed by atoms with Crippen molar-refractivity contribution in [2.24, 2.45) is 0 Å². The lowest BCUT2D eigenvalue weighted by atomic mass is 9.93. The number of rotatable bonds is 5. The number of furan rings is 1. The summed E-state index contributed by atoms with van der Waals surface area (Å²) in [7, 11) is 0. The SMILES string of the molecule is c1ccc(-c2nc(-c3ccccc3)nc(-c3ccc(-c4ccc(-c5ccc6ccccc6c5)c5oc6cc7ncccc7cc6c45)cc3)n2)cc1. The van der Waals surface area contributed by atoms with E-state index < -0.39 is 0 Å². The molecule has 5 nitrogen and oxygen atoms in total. The maximum atomic E-state index is 6.76. The molecule has 5 heteroatoms. The molecule has 10 aromatic rings. The Hall–Kier alpha value is -6.98. The van der Waals surface area contributed by atoms with Gasteiger partial charge in [0, 0.05) is 50.7 Å². The van der Waals surface area contributed by atoms with E-state index in [2.05, 4.69) is 102 Å². The van der Waals surface area contributed by atoms with Gasteiger partial charge in [-0.3, -0.25) is 4.98 Å². The molecule has 0 aliphatic heterocycles. The number of aromatic nitrogens is 4. The van der Waals surface area contributed by atoms with E-state index in [1.54, 1.807) is 0 Å². The normalized spacial score (nSPS) is 11.5. The number of hydrogen-bond acceptors (Lipinski definition) is 5. The molecule has 0 radical (unpaired) electrons. The molecule has 0 saturated heterocycles. The van der Waals surface area contributed by atoms with Crippen LogP contribution in [-0.4, -0.2) is 19.9 Å². The van der Waals surface area contributed by atoms with Gasteiger partial charge in [-0.25, -0.2) is 15.0 Å². The molecular formula is C46H28N4O. The van der Waals surface area contributed by atoms with Crippen molar-refractivity contribution in [2.45, 2.75) is 0 Å². The van der Waals surface area contributed by atoms with Gasteiger partial charge in [-0.2, -0.15) is 0 Å². The third kappa shape index (κ3) is 5.11. The topological polar surface area (TPSA) is 64.7 Å². The molecule has 3 heterocycles. The minimum absolute atomic E-state index is 0.624. The lowest BCUT2D eigenvalue weighted by Crippen LogP contribution is -2.00. The molecule has 0 saturated carbocycles. The molecule has 0 amide bonds. The van der Waals surface area contributed by atoms with E-state index in [1.165, 1.54) is 10.8 Å². The largest absolute Gasteiger partial charge is 0.455 e. The van der Waals surface area contributed by atoms with Gasteiger partial charge in [-0.1, -0.05) is 133 Å². The summed E-state index contributed by atoms with van der Waals surface area (Å²) in [6.07, 6.45) is 1.82. The summed E-state index contributed by atoms with van der Waals surface area (Å²) in [6, 6.07) is 56.4. The standard InChI is InChI=1S/C46H28N4O/c1-3-11-31(12-4-1)44-48-45(32-13-5-2-6-14-32)50-46(49-44)33-20-18-30(19-21-33)37-23-24-38(35-22-17-29-10-7-8-15-34(29)26-35)43-42(37)39-27-36-16-9-25-47-40(36)28-41(39)51-43/h1-28H. The van der Waals surface area contributed by atoms with E-state index >= 15 is 0 Å². The zero-order valence-electron chi connectivity index (χ0n) is 27.4. The minimum Gasteiger partial charge on any atom is -0.455 e. The van der Waals surface area contributed by atoms with Crippen molar-refractivity contribution >= 4 is 43.6 Å². The van der Waals surface area contributed by atoms with Crippen LogP contribution in [0.3, 0.4) is 0 Å². The van der Waals surface area contributed by atoms with Gasteiger partial charge in [0.25, 0.3) is 0 Å². The summed E-state index contributed by atoms with van der Waals surface area (Å²) in [6.45, 7) is 0. The first kappa shape index (κ1) is 29.0. The molecule has 0 bridgehead atoms. The summed E-state index contributed by atoms with van der Waals surface area (Å²) < 4.78 is 6.76. The number of nitrogens with zero attached hydrogens (tertiary/aromatic N) is 4. The number of pyridine rings is 1. The molecule has 7 aromatic carbocycles. The van der Waals surface area contributed by atoms with Crippen LogP contribution in [0.4, 0.5) is 0 Å². The van der Waals surface area contributed by atoms with Crippen molar-refractivity contribution in [1.82, 2.24) is 19.9 Å². The zero-order chi connectivity index (χ0) is 33.7. The van der Waals surface area contributed by atoms with Crippen LogP contribution in [0, 0.1) is 0 Å². The number of benzene rings is 7. The first-order valence-corrected chi connectivity index (χ1v) is 17.0. The van der Waals surface area contributed by atoms with E-state index in [0.29, 0.717) is 17.5 Å². The summed E-state index contributed by atoms with van der Waals surface area (Å²) >= 11 is 0. The molecule has 0 N–H and O–H groups in total. The molecule has 0 aliphatic rings. The van der Waals surface area contributed by atoms with Crippen molar-refractivity contribution in [2.75, 3.05) is 0 Å². The number of hydrogen-bond donors (Lipinski definition) is 0. The van der Waals surface area contributed by atoms with Gasteiger partial charge in [0.1, 0.15) is 11.2 Å². The lowest BCUT2D eigenvalue weighted by Gasteiger charge is -2.11. The molecule has 0 spiro atoms. The fourth-order valence-electron chi connectivity index (χ4n) is 7.01. The van der Waals surface area contributed by atoms with Crippen molar-refractivity contribution in [3.8, 4) is 56.4 Å². The van der Waals surface area contributed by atoms with Gasteiger partial charge < -0.3 is 4.42 Å². The maximum Gasteiger partial charge on any atom is 0.164 e. The summed E-state index contributed by atoms with van der Waals surface area (Å²) in [5.74, 6) is 1.90. The van der Waals surface area contributed by atoms with Crippen molar-refractivity contribution in [3.63, 3.8) is 0 Å². The van der Waals surface area contributed by atoms with Crippen LogP contribution < -0.4 is 0 Å². The molecular weight excluding hydrogens is 625 g/mol. The molecule has 0 unspecified atom stereocenters. The lowest BCUT2D eigenvalue weighted by molar-refractivity contribution is 0.670. The van der Waals surface area contributed by atoms with Gasteiger partial charge in [-0.15, -0.1) is 0 Å². The monoisotopic (exact) mass is 652 g/mol. The van der Waals surface area contributed by atoms with E-state index in [1.807, 2.05) is 72.9 Å². The highest BCUT2D eigenvalue weighted by atomic mass is 16.3. The third-order valence-corrected chi connectivity index (χ3v) is 9.56. The molecule has 51 heavy (non-hydrogen) atoms. The van der Waals surface area contributed by atoms with Gasteiger partial charge in [0.05, 0.1) is 5.52 Å².